The summed E-state index contributed by atoms with van der Waals surface area (Å²) in [5.41, 5.74) is -0.439. The highest BCUT2D eigenvalue weighted by atomic mass is 16.2. The van der Waals surface area contributed by atoms with Crippen LogP contribution < -0.4 is 0 Å². The molecule has 0 N–H and O–H groups in total. The van der Waals surface area contributed by atoms with Crippen LogP contribution in [0.2, 0.25) is 0 Å². The van der Waals surface area contributed by atoms with Crippen molar-refractivity contribution in [2.45, 2.75) is 38.6 Å². The number of nitrogens with zero attached hydrogens (tertiary/aromatic N) is 1. The molecule has 0 heterocycles. The van der Waals surface area contributed by atoms with Crippen LogP contribution in [0.5, 0.6) is 0 Å². The van der Waals surface area contributed by atoms with Crippen molar-refractivity contribution in [2.75, 3.05) is 7.05 Å². The maximum absolute atomic E-state index is 11.4. The standard InChI is InChI=1S/C10H17NO2/c1-4-8(5-2)10(6-9(10)13)11(3)7-12/h7-8H,4-6H2,1-3H3/t10-/m0/s1. The van der Waals surface area contributed by atoms with Crippen LogP contribution in [-0.2, 0) is 9.59 Å². The van der Waals surface area contributed by atoms with E-state index in [4.69, 9.17) is 0 Å². The summed E-state index contributed by atoms with van der Waals surface area (Å²) >= 11 is 0. The van der Waals surface area contributed by atoms with Crippen molar-refractivity contribution in [2.24, 2.45) is 5.92 Å². The molecule has 1 rings (SSSR count). The highest BCUT2D eigenvalue weighted by Crippen LogP contribution is 2.45. The second-order valence-corrected chi connectivity index (χ2v) is 3.75. The van der Waals surface area contributed by atoms with Crippen molar-refractivity contribution in [1.29, 1.82) is 0 Å². The summed E-state index contributed by atoms with van der Waals surface area (Å²) in [5, 5.41) is 0. The number of carbonyl (C=O) groups excluding carboxylic acids is 2. The third-order valence-corrected chi connectivity index (χ3v) is 3.24. The van der Waals surface area contributed by atoms with Gasteiger partial charge in [0.15, 0.2) is 5.78 Å². The van der Waals surface area contributed by atoms with Crippen molar-refractivity contribution in [3.05, 3.63) is 0 Å². The van der Waals surface area contributed by atoms with Crippen molar-refractivity contribution in [1.82, 2.24) is 4.90 Å². The summed E-state index contributed by atoms with van der Waals surface area (Å²) in [6.45, 7) is 4.14. The molecule has 1 fully saturated rings. The number of ketones is 1. The van der Waals surface area contributed by atoms with Crippen LogP contribution >= 0.6 is 0 Å². The first-order valence-corrected chi connectivity index (χ1v) is 4.85. The van der Waals surface area contributed by atoms with Gasteiger partial charge in [0.25, 0.3) is 0 Å². The molecule has 1 aliphatic rings. The number of carbonyl (C=O) groups is 2. The van der Waals surface area contributed by atoms with E-state index in [2.05, 4.69) is 13.8 Å². The second kappa shape index (κ2) is 3.48. The second-order valence-electron chi connectivity index (χ2n) is 3.75. The Morgan fingerprint density at radius 2 is 2.00 bits per heavy atom. The van der Waals surface area contributed by atoms with Gasteiger partial charge >= 0.3 is 0 Å². The molecule has 0 aliphatic heterocycles. The smallest absolute Gasteiger partial charge is 0.210 e. The number of amides is 1. The van der Waals surface area contributed by atoms with Crippen LogP contribution in [0.4, 0.5) is 0 Å². The molecule has 1 atom stereocenters. The third-order valence-electron chi connectivity index (χ3n) is 3.24. The van der Waals surface area contributed by atoms with Crippen LogP contribution in [0, 0.1) is 5.92 Å². The molecule has 1 saturated carbocycles. The van der Waals surface area contributed by atoms with E-state index in [1.54, 1.807) is 11.9 Å². The molecule has 1 amide bonds. The van der Waals surface area contributed by atoms with E-state index in [1.807, 2.05) is 0 Å². The predicted molar refractivity (Wildman–Crippen MR) is 50.3 cm³/mol. The molecule has 0 aromatic carbocycles. The Morgan fingerprint density at radius 1 is 1.54 bits per heavy atom. The Labute approximate surface area is 79.1 Å². The van der Waals surface area contributed by atoms with E-state index in [0.29, 0.717) is 12.3 Å². The minimum Gasteiger partial charge on any atom is -0.335 e. The molecular weight excluding hydrogens is 166 g/mol. The monoisotopic (exact) mass is 183 g/mol. The molecule has 0 bridgehead atoms. The van der Waals surface area contributed by atoms with Crippen LogP contribution in [-0.4, -0.2) is 29.7 Å². The highest BCUT2D eigenvalue weighted by molar-refractivity contribution is 6.06. The molecule has 0 radical (unpaired) electrons. The summed E-state index contributed by atoms with van der Waals surface area (Å²) in [6.07, 6.45) is 3.23. The molecule has 74 valence electrons. The lowest BCUT2D eigenvalue weighted by Crippen LogP contribution is -2.41. The summed E-state index contributed by atoms with van der Waals surface area (Å²) in [4.78, 5) is 23.6. The molecule has 3 nitrogen and oxygen atoms in total. The Hall–Kier alpha value is -0.860. The van der Waals surface area contributed by atoms with Gasteiger partial charge < -0.3 is 4.90 Å². The molecular formula is C10H17NO2. The van der Waals surface area contributed by atoms with Gasteiger partial charge in [-0.05, 0) is 5.92 Å². The molecule has 1 aliphatic carbocycles. The van der Waals surface area contributed by atoms with E-state index < -0.39 is 5.54 Å². The van der Waals surface area contributed by atoms with Crippen LogP contribution in [0.15, 0.2) is 0 Å². The van der Waals surface area contributed by atoms with Crippen molar-refractivity contribution in [3.63, 3.8) is 0 Å². The number of hydrogen-bond acceptors (Lipinski definition) is 2. The van der Waals surface area contributed by atoms with E-state index in [0.717, 1.165) is 19.3 Å². The Kier molecular flexibility index (Phi) is 2.74. The first kappa shape index (κ1) is 10.2. The van der Waals surface area contributed by atoms with Crippen LogP contribution in [0.3, 0.4) is 0 Å². The normalized spacial score (nSPS) is 26.3. The molecule has 0 spiro atoms. The number of likely N-dealkylation sites (N-methyl/N-ethyl adjacent to an activating group) is 1. The van der Waals surface area contributed by atoms with Crippen molar-refractivity contribution in [3.8, 4) is 0 Å². The lowest BCUT2D eigenvalue weighted by molar-refractivity contribution is -0.125. The SMILES string of the molecule is CCC(CC)[C@@]1(N(C)C=O)CC1=O. The van der Waals surface area contributed by atoms with Gasteiger partial charge in [-0.3, -0.25) is 9.59 Å². The van der Waals surface area contributed by atoms with E-state index in [1.165, 1.54) is 0 Å². The molecule has 0 aromatic rings. The maximum Gasteiger partial charge on any atom is 0.210 e. The van der Waals surface area contributed by atoms with E-state index in [-0.39, 0.29) is 5.78 Å². The Bertz CT molecular complexity index is 223. The lowest BCUT2D eigenvalue weighted by Gasteiger charge is -2.29. The fourth-order valence-electron chi connectivity index (χ4n) is 2.24. The zero-order valence-electron chi connectivity index (χ0n) is 8.54. The number of Topliss-reactive ketones (excluding diaryl/α,β-unsaturated/α-hetero) is 1. The minimum atomic E-state index is -0.439. The van der Waals surface area contributed by atoms with Crippen molar-refractivity contribution < 1.29 is 9.59 Å². The van der Waals surface area contributed by atoms with Gasteiger partial charge in [-0.25, -0.2) is 0 Å². The number of rotatable bonds is 5. The van der Waals surface area contributed by atoms with Crippen molar-refractivity contribution >= 4 is 12.2 Å². The van der Waals surface area contributed by atoms with Gasteiger partial charge in [-0.15, -0.1) is 0 Å². The molecule has 0 saturated heterocycles. The van der Waals surface area contributed by atoms with Gasteiger partial charge in [0, 0.05) is 13.5 Å². The zero-order valence-corrected chi connectivity index (χ0v) is 8.54. The predicted octanol–water partition coefficient (Wildman–Crippen LogP) is 1.22. The van der Waals surface area contributed by atoms with Gasteiger partial charge in [0.2, 0.25) is 6.41 Å². The zero-order chi connectivity index (χ0) is 10.1. The first-order chi connectivity index (χ1) is 6.13. The topological polar surface area (TPSA) is 37.4 Å². The van der Waals surface area contributed by atoms with Crippen LogP contribution in [0.25, 0.3) is 0 Å². The molecule has 0 unspecified atom stereocenters. The number of hydrogen-bond donors (Lipinski definition) is 0. The quantitative estimate of drug-likeness (QED) is 0.601. The summed E-state index contributed by atoms with van der Waals surface area (Å²) < 4.78 is 0. The third kappa shape index (κ3) is 1.36. The summed E-state index contributed by atoms with van der Waals surface area (Å²) in [5.74, 6) is 0.547. The largest absolute Gasteiger partial charge is 0.335 e. The van der Waals surface area contributed by atoms with Gasteiger partial charge in [0.1, 0.15) is 5.54 Å². The van der Waals surface area contributed by atoms with Gasteiger partial charge in [0.05, 0.1) is 0 Å². The fourth-order valence-corrected chi connectivity index (χ4v) is 2.24. The van der Waals surface area contributed by atoms with Crippen LogP contribution in [0.1, 0.15) is 33.1 Å². The minimum absolute atomic E-state index is 0.218. The summed E-state index contributed by atoms with van der Waals surface area (Å²) in [6, 6.07) is 0. The average molecular weight is 183 g/mol. The first-order valence-electron chi connectivity index (χ1n) is 4.85. The van der Waals surface area contributed by atoms with E-state index in [9.17, 15) is 9.59 Å². The molecule has 13 heavy (non-hydrogen) atoms. The maximum atomic E-state index is 11.4. The van der Waals surface area contributed by atoms with E-state index >= 15 is 0 Å². The highest BCUT2D eigenvalue weighted by Gasteiger charge is 2.60. The summed E-state index contributed by atoms with van der Waals surface area (Å²) in [7, 11) is 1.70. The average Bonchev–Trinajstić information content (AvgIpc) is 2.80. The molecule has 0 aromatic heterocycles. The fraction of sp³-hybridized carbons (Fsp3) is 0.800. The van der Waals surface area contributed by atoms with Gasteiger partial charge in [-0.1, -0.05) is 26.7 Å². The van der Waals surface area contributed by atoms with Gasteiger partial charge in [-0.2, -0.15) is 0 Å². The molecule has 3 heteroatoms. The lowest BCUT2D eigenvalue weighted by atomic mass is 9.91. The Balaban J connectivity index is 2.82. The Morgan fingerprint density at radius 3 is 2.23 bits per heavy atom.